The smallest absolute Gasteiger partial charge is 0.253 e. The fraction of sp³-hybridized carbons (Fsp3) is 0.250. The second-order valence-electron chi connectivity index (χ2n) is 2.60. The summed E-state index contributed by atoms with van der Waals surface area (Å²) in [6, 6.07) is 7.40. The van der Waals surface area contributed by atoms with Gasteiger partial charge in [-0.15, -0.1) is 11.8 Å². The zero-order valence-electron chi connectivity index (χ0n) is 7.64. The van der Waals surface area contributed by atoms with E-state index in [4.69, 9.17) is 0 Å². The molecular formula is C8H11NO3S2. The first-order valence-corrected chi connectivity index (χ1v) is 6.51. The molecule has 0 aliphatic carbocycles. The molecule has 1 aromatic carbocycles. The molecule has 0 aliphatic heterocycles. The minimum Gasteiger partial charge on any atom is -0.253 e. The van der Waals surface area contributed by atoms with Crippen LogP contribution in [-0.4, -0.2) is 14.7 Å². The predicted octanol–water partition coefficient (Wildman–Crippen LogP) is 1.13. The molecule has 78 valence electrons. The van der Waals surface area contributed by atoms with E-state index in [2.05, 4.69) is 9.32 Å². The van der Waals surface area contributed by atoms with Crippen molar-refractivity contribution in [1.82, 2.24) is 0 Å². The van der Waals surface area contributed by atoms with Crippen LogP contribution >= 0.6 is 11.8 Å². The predicted molar refractivity (Wildman–Crippen MR) is 56.1 cm³/mol. The second-order valence-corrected chi connectivity index (χ2v) is 4.70. The second kappa shape index (κ2) is 4.79. The largest absolute Gasteiger partial charge is 0.333 e. The van der Waals surface area contributed by atoms with Crippen LogP contribution in [0.2, 0.25) is 0 Å². The minimum atomic E-state index is -3.84. The van der Waals surface area contributed by atoms with Crippen LogP contribution in [0.1, 0.15) is 5.56 Å². The monoisotopic (exact) mass is 233 g/mol. The van der Waals surface area contributed by atoms with Crippen molar-refractivity contribution < 1.29 is 12.6 Å². The Labute approximate surface area is 87.7 Å². The van der Waals surface area contributed by atoms with Crippen LogP contribution < -0.4 is 5.14 Å². The van der Waals surface area contributed by atoms with Gasteiger partial charge in [-0.3, -0.25) is 4.18 Å². The third kappa shape index (κ3) is 4.10. The highest BCUT2D eigenvalue weighted by Crippen LogP contribution is 2.15. The van der Waals surface area contributed by atoms with E-state index in [-0.39, 0.29) is 6.61 Å². The van der Waals surface area contributed by atoms with Crippen molar-refractivity contribution in [1.29, 1.82) is 0 Å². The van der Waals surface area contributed by atoms with E-state index >= 15 is 0 Å². The van der Waals surface area contributed by atoms with Gasteiger partial charge in [0.1, 0.15) is 0 Å². The summed E-state index contributed by atoms with van der Waals surface area (Å²) in [5.41, 5.74) is 0.775. The van der Waals surface area contributed by atoms with Gasteiger partial charge in [-0.05, 0) is 24.0 Å². The van der Waals surface area contributed by atoms with Crippen LogP contribution in [0.15, 0.2) is 29.2 Å². The highest BCUT2D eigenvalue weighted by atomic mass is 32.2. The normalized spacial score (nSPS) is 11.6. The van der Waals surface area contributed by atoms with Crippen molar-refractivity contribution in [3.8, 4) is 0 Å². The van der Waals surface area contributed by atoms with Crippen LogP contribution in [0.5, 0.6) is 0 Å². The summed E-state index contributed by atoms with van der Waals surface area (Å²) in [5, 5.41) is 4.69. The molecule has 0 bridgehead atoms. The Bertz CT molecular complexity index is 386. The van der Waals surface area contributed by atoms with E-state index in [1.54, 1.807) is 23.9 Å². The van der Waals surface area contributed by atoms with Gasteiger partial charge in [0.05, 0.1) is 6.61 Å². The molecule has 0 heterocycles. The molecule has 0 amide bonds. The van der Waals surface area contributed by atoms with Gasteiger partial charge in [0, 0.05) is 4.90 Å². The van der Waals surface area contributed by atoms with Crippen molar-refractivity contribution in [3.63, 3.8) is 0 Å². The third-order valence-electron chi connectivity index (χ3n) is 1.55. The number of hydrogen-bond acceptors (Lipinski definition) is 4. The van der Waals surface area contributed by atoms with Crippen LogP contribution in [0.25, 0.3) is 0 Å². The van der Waals surface area contributed by atoms with E-state index in [1.807, 2.05) is 18.4 Å². The number of benzene rings is 1. The summed E-state index contributed by atoms with van der Waals surface area (Å²) in [6.07, 6.45) is 1.97. The average Bonchev–Trinajstić information content (AvgIpc) is 2.14. The van der Waals surface area contributed by atoms with Crippen molar-refractivity contribution in [2.75, 3.05) is 6.26 Å². The van der Waals surface area contributed by atoms with Crippen molar-refractivity contribution in [2.24, 2.45) is 5.14 Å². The molecule has 0 atom stereocenters. The topological polar surface area (TPSA) is 69.4 Å². The lowest BCUT2D eigenvalue weighted by Gasteiger charge is -2.02. The van der Waals surface area contributed by atoms with E-state index < -0.39 is 10.3 Å². The molecule has 1 aromatic rings. The van der Waals surface area contributed by atoms with Crippen molar-refractivity contribution >= 4 is 22.1 Å². The molecule has 1 rings (SSSR count). The molecule has 0 radical (unpaired) electrons. The average molecular weight is 233 g/mol. The van der Waals surface area contributed by atoms with Gasteiger partial charge in [0.15, 0.2) is 0 Å². The Hall–Kier alpha value is -0.560. The summed E-state index contributed by atoms with van der Waals surface area (Å²) in [7, 11) is -3.84. The molecule has 4 nitrogen and oxygen atoms in total. The summed E-state index contributed by atoms with van der Waals surface area (Å²) >= 11 is 1.62. The highest BCUT2D eigenvalue weighted by molar-refractivity contribution is 7.98. The lowest BCUT2D eigenvalue weighted by molar-refractivity contribution is 0.308. The van der Waals surface area contributed by atoms with Gasteiger partial charge in [0.25, 0.3) is 0 Å². The molecular weight excluding hydrogens is 222 g/mol. The van der Waals surface area contributed by atoms with Crippen LogP contribution in [-0.2, 0) is 21.1 Å². The van der Waals surface area contributed by atoms with Gasteiger partial charge in [-0.1, -0.05) is 12.1 Å². The first-order chi connectivity index (χ1) is 6.51. The maximum atomic E-state index is 10.5. The Morgan fingerprint density at radius 2 is 1.93 bits per heavy atom. The lowest BCUT2D eigenvalue weighted by Crippen LogP contribution is -2.15. The Morgan fingerprint density at radius 3 is 2.36 bits per heavy atom. The highest BCUT2D eigenvalue weighted by Gasteiger charge is 2.02. The van der Waals surface area contributed by atoms with Crippen LogP contribution in [0.3, 0.4) is 0 Å². The maximum Gasteiger partial charge on any atom is 0.333 e. The van der Waals surface area contributed by atoms with E-state index in [1.165, 1.54) is 0 Å². The Kier molecular flexibility index (Phi) is 3.94. The van der Waals surface area contributed by atoms with Crippen LogP contribution in [0, 0.1) is 0 Å². The van der Waals surface area contributed by atoms with Gasteiger partial charge in [-0.25, -0.2) is 5.14 Å². The van der Waals surface area contributed by atoms with Gasteiger partial charge < -0.3 is 0 Å². The van der Waals surface area contributed by atoms with Crippen molar-refractivity contribution in [3.05, 3.63) is 29.8 Å². The summed E-state index contributed by atoms with van der Waals surface area (Å²) in [5.74, 6) is 0. The Morgan fingerprint density at radius 1 is 1.36 bits per heavy atom. The fourth-order valence-electron chi connectivity index (χ4n) is 0.872. The SMILES string of the molecule is CSc1ccc(COS(N)(=O)=O)cc1. The quantitative estimate of drug-likeness (QED) is 0.791. The molecule has 2 N–H and O–H groups in total. The number of hydrogen-bond donors (Lipinski definition) is 1. The molecule has 6 heteroatoms. The van der Waals surface area contributed by atoms with E-state index in [0.29, 0.717) is 0 Å². The maximum absolute atomic E-state index is 10.5. The zero-order chi connectivity index (χ0) is 10.6. The molecule has 0 unspecified atom stereocenters. The number of rotatable bonds is 4. The first kappa shape index (κ1) is 11.5. The van der Waals surface area contributed by atoms with Crippen LogP contribution in [0.4, 0.5) is 0 Å². The molecule has 0 aliphatic rings. The zero-order valence-corrected chi connectivity index (χ0v) is 9.27. The van der Waals surface area contributed by atoms with Gasteiger partial charge >= 0.3 is 10.3 Å². The van der Waals surface area contributed by atoms with Crippen molar-refractivity contribution in [2.45, 2.75) is 11.5 Å². The molecule has 14 heavy (non-hydrogen) atoms. The summed E-state index contributed by atoms with van der Waals surface area (Å²) < 4.78 is 25.4. The van der Waals surface area contributed by atoms with E-state index in [9.17, 15) is 8.42 Å². The van der Waals surface area contributed by atoms with Gasteiger partial charge in [-0.2, -0.15) is 8.42 Å². The van der Waals surface area contributed by atoms with Gasteiger partial charge in [0.2, 0.25) is 0 Å². The first-order valence-electron chi connectivity index (χ1n) is 3.81. The molecule has 0 fully saturated rings. The molecule has 0 saturated carbocycles. The standard InChI is InChI=1S/C8H11NO3S2/c1-13-8-4-2-7(3-5-8)6-12-14(9,10)11/h2-5H,6H2,1H3,(H2,9,10,11). The number of thioether (sulfide) groups is 1. The molecule has 0 saturated heterocycles. The third-order valence-corrected chi connectivity index (χ3v) is 2.74. The lowest BCUT2D eigenvalue weighted by atomic mass is 10.2. The molecule has 0 aromatic heterocycles. The van der Waals surface area contributed by atoms with E-state index in [0.717, 1.165) is 10.5 Å². The fourth-order valence-corrected chi connectivity index (χ4v) is 1.58. The molecule has 0 spiro atoms. The minimum absolute atomic E-state index is 0.0203. The number of nitrogens with two attached hydrogens (primary N) is 1. The summed E-state index contributed by atoms with van der Waals surface area (Å²) in [4.78, 5) is 1.12. The Balaban J connectivity index is 2.61. The summed E-state index contributed by atoms with van der Waals surface area (Å²) in [6.45, 7) is -0.0203.